The molecule has 1 atom stereocenters. The second kappa shape index (κ2) is 8.19. The van der Waals surface area contributed by atoms with Gasteiger partial charge in [0.15, 0.2) is 0 Å². The molecule has 0 bridgehead atoms. The second-order valence-corrected chi connectivity index (χ2v) is 8.94. The minimum Gasteiger partial charge on any atom is -0.345 e. The molecule has 0 aliphatic carbocycles. The molecule has 1 unspecified atom stereocenters. The number of H-pyrrole nitrogens is 1. The number of nitrogens with zero attached hydrogens (tertiary/aromatic N) is 4. The molecular weight excluding hydrogens is 398 g/mol. The van der Waals surface area contributed by atoms with E-state index in [0.717, 1.165) is 40.8 Å². The Morgan fingerprint density at radius 1 is 1.06 bits per heavy atom. The number of carbonyl (C=O) groups is 1. The van der Waals surface area contributed by atoms with E-state index in [1.165, 1.54) is 11.1 Å². The topological polar surface area (TPSA) is 74.8 Å². The summed E-state index contributed by atoms with van der Waals surface area (Å²) in [4.78, 5) is 23.0. The van der Waals surface area contributed by atoms with Gasteiger partial charge in [-0.05, 0) is 73.2 Å². The second-order valence-electron chi connectivity index (χ2n) is 8.94. The average Bonchev–Trinajstić information content (AvgIpc) is 3.18. The highest BCUT2D eigenvalue weighted by molar-refractivity contribution is 5.97. The summed E-state index contributed by atoms with van der Waals surface area (Å²) >= 11 is 0. The van der Waals surface area contributed by atoms with Crippen molar-refractivity contribution in [2.45, 2.75) is 39.7 Å². The van der Waals surface area contributed by atoms with Gasteiger partial charge in [0.25, 0.3) is 5.91 Å². The van der Waals surface area contributed by atoms with Crippen LogP contribution in [0.15, 0.2) is 54.9 Å². The van der Waals surface area contributed by atoms with E-state index in [1.807, 2.05) is 37.3 Å². The van der Waals surface area contributed by atoms with Crippen LogP contribution in [0.1, 0.15) is 41.0 Å². The van der Waals surface area contributed by atoms with Crippen LogP contribution in [-0.2, 0) is 12.8 Å². The average molecular weight is 426 g/mol. The van der Waals surface area contributed by atoms with Crippen molar-refractivity contribution in [1.29, 1.82) is 0 Å². The predicted molar refractivity (Wildman–Crippen MR) is 125 cm³/mol. The van der Waals surface area contributed by atoms with Crippen LogP contribution in [0.3, 0.4) is 0 Å². The highest BCUT2D eigenvalue weighted by Gasteiger charge is 2.30. The van der Waals surface area contributed by atoms with Crippen LogP contribution in [0.4, 0.5) is 0 Å². The maximum atomic E-state index is 13.6. The monoisotopic (exact) mass is 425 g/mol. The molecule has 4 aromatic rings. The summed E-state index contributed by atoms with van der Waals surface area (Å²) in [5.74, 6) is 0.432. The van der Waals surface area contributed by atoms with Crippen LogP contribution >= 0.6 is 0 Å². The zero-order valence-electron chi connectivity index (χ0n) is 18.7. The number of carbonyl (C=O) groups excluding carboxylic acids is 1. The number of amides is 1. The highest BCUT2D eigenvalue weighted by Crippen LogP contribution is 2.29. The molecule has 0 radical (unpaired) electrons. The number of imidazole rings is 1. The van der Waals surface area contributed by atoms with Crippen molar-refractivity contribution in [1.82, 2.24) is 25.1 Å². The van der Waals surface area contributed by atoms with Gasteiger partial charge in [0.2, 0.25) is 0 Å². The molecule has 1 N–H and O–H groups in total. The van der Waals surface area contributed by atoms with Gasteiger partial charge in [-0.3, -0.25) is 4.79 Å². The summed E-state index contributed by atoms with van der Waals surface area (Å²) < 4.78 is 0. The van der Waals surface area contributed by atoms with Crippen LogP contribution < -0.4 is 0 Å². The first kappa shape index (κ1) is 20.4. The number of benzene rings is 2. The van der Waals surface area contributed by atoms with Gasteiger partial charge in [0.05, 0.1) is 28.7 Å². The minimum absolute atomic E-state index is 0.0811. The van der Waals surface area contributed by atoms with Gasteiger partial charge in [-0.1, -0.05) is 26.0 Å². The summed E-state index contributed by atoms with van der Waals surface area (Å²) in [6, 6.07) is 16.4. The van der Waals surface area contributed by atoms with Crippen molar-refractivity contribution in [2.24, 2.45) is 5.92 Å². The minimum atomic E-state index is 0.0811. The molecule has 6 heteroatoms. The zero-order chi connectivity index (χ0) is 22.2. The molecule has 2 aromatic heterocycles. The molecule has 162 valence electrons. The van der Waals surface area contributed by atoms with Crippen molar-refractivity contribution in [3.05, 3.63) is 77.2 Å². The quantitative estimate of drug-likeness (QED) is 0.521. The Morgan fingerprint density at radius 3 is 2.72 bits per heavy atom. The normalized spacial score (nSPS) is 16.2. The lowest BCUT2D eigenvalue weighted by Gasteiger charge is -2.33. The third-order valence-corrected chi connectivity index (χ3v) is 6.45. The van der Waals surface area contributed by atoms with Gasteiger partial charge in [-0.25, -0.2) is 4.98 Å². The maximum absolute atomic E-state index is 13.6. The van der Waals surface area contributed by atoms with E-state index in [0.29, 0.717) is 18.0 Å². The number of nitrogens with one attached hydrogen (secondary N) is 1. The standard InChI is InChI=1S/C26H27N5O/c1-16(2)25-14-18-5-6-20(22-8-4-17(3)29-30-22)12-19(18)10-11-31(25)26(32)21-7-9-23-24(13-21)28-15-27-23/h4-9,12-13,15-16,25H,10-11,14H2,1-3H3,(H,27,28). The molecule has 1 aliphatic heterocycles. The fourth-order valence-corrected chi connectivity index (χ4v) is 4.59. The molecule has 0 spiro atoms. The van der Waals surface area contributed by atoms with Crippen LogP contribution in [-0.4, -0.2) is 43.6 Å². The Morgan fingerprint density at radius 2 is 1.94 bits per heavy atom. The highest BCUT2D eigenvalue weighted by atomic mass is 16.2. The molecule has 2 aromatic carbocycles. The molecule has 0 saturated heterocycles. The molecular formula is C26H27N5O. The van der Waals surface area contributed by atoms with Crippen molar-refractivity contribution in [3.8, 4) is 11.3 Å². The Kier molecular flexibility index (Phi) is 5.21. The van der Waals surface area contributed by atoms with E-state index < -0.39 is 0 Å². The van der Waals surface area contributed by atoms with Gasteiger partial charge in [0.1, 0.15) is 0 Å². The predicted octanol–water partition coefficient (Wildman–Crippen LogP) is 4.59. The van der Waals surface area contributed by atoms with E-state index in [-0.39, 0.29) is 11.9 Å². The fraction of sp³-hybridized carbons (Fsp3) is 0.308. The summed E-state index contributed by atoms with van der Waals surface area (Å²) in [5, 5.41) is 8.54. The fourth-order valence-electron chi connectivity index (χ4n) is 4.59. The zero-order valence-corrected chi connectivity index (χ0v) is 18.7. The number of aromatic nitrogens is 4. The smallest absolute Gasteiger partial charge is 0.254 e. The van der Waals surface area contributed by atoms with Crippen LogP contribution in [0, 0.1) is 12.8 Å². The number of aryl methyl sites for hydroxylation is 1. The Balaban J connectivity index is 1.46. The number of rotatable bonds is 3. The third kappa shape index (κ3) is 3.77. The van der Waals surface area contributed by atoms with Crippen molar-refractivity contribution in [3.63, 3.8) is 0 Å². The summed E-state index contributed by atoms with van der Waals surface area (Å²) in [6.07, 6.45) is 3.34. The lowest BCUT2D eigenvalue weighted by molar-refractivity contribution is 0.0636. The summed E-state index contributed by atoms with van der Waals surface area (Å²) in [6.45, 7) is 7.03. The molecule has 0 fully saturated rings. The van der Waals surface area contributed by atoms with Crippen LogP contribution in [0.25, 0.3) is 22.3 Å². The Bertz CT molecular complexity index is 1280. The molecule has 32 heavy (non-hydrogen) atoms. The van der Waals surface area contributed by atoms with Gasteiger partial charge in [-0.15, -0.1) is 0 Å². The van der Waals surface area contributed by atoms with Gasteiger partial charge < -0.3 is 9.88 Å². The van der Waals surface area contributed by atoms with E-state index in [9.17, 15) is 4.79 Å². The summed E-state index contributed by atoms with van der Waals surface area (Å²) in [7, 11) is 0. The molecule has 1 amide bonds. The van der Waals surface area contributed by atoms with E-state index in [2.05, 4.69) is 57.1 Å². The van der Waals surface area contributed by atoms with Gasteiger partial charge in [0, 0.05) is 23.7 Å². The lowest BCUT2D eigenvalue weighted by Crippen LogP contribution is -2.44. The van der Waals surface area contributed by atoms with Crippen LogP contribution in [0.5, 0.6) is 0 Å². The molecule has 0 saturated carbocycles. The summed E-state index contributed by atoms with van der Waals surface area (Å²) in [5.41, 5.74) is 7.92. The third-order valence-electron chi connectivity index (χ3n) is 6.45. The number of hydrogen-bond acceptors (Lipinski definition) is 4. The van der Waals surface area contributed by atoms with Crippen LogP contribution in [0.2, 0.25) is 0 Å². The largest absolute Gasteiger partial charge is 0.345 e. The Hall–Kier alpha value is -3.54. The SMILES string of the molecule is Cc1ccc(-c2ccc3c(c2)CCN(C(=O)c2ccc4nc[nH]c4c2)C(C(C)C)C3)nn1. The molecule has 5 rings (SSSR count). The molecule has 1 aliphatic rings. The van der Waals surface area contributed by atoms with Gasteiger partial charge >= 0.3 is 0 Å². The van der Waals surface area contributed by atoms with E-state index >= 15 is 0 Å². The molecule has 3 heterocycles. The first-order valence-corrected chi connectivity index (χ1v) is 11.2. The number of hydrogen-bond donors (Lipinski definition) is 1. The van der Waals surface area contributed by atoms with Crippen molar-refractivity contribution in [2.75, 3.05) is 6.54 Å². The van der Waals surface area contributed by atoms with E-state index in [4.69, 9.17) is 0 Å². The lowest BCUT2D eigenvalue weighted by atomic mass is 9.92. The first-order valence-electron chi connectivity index (χ1n) is 11.2. The first-order chi connectivity index (χ1) is 15.5. The number of fused-ring (bicyclic) bond motifs is 2. The Labute approximate surface area is 187 Å². The van der Waals surface area contributed by atoms with Gasteiger partial charge in [-0.2, -0.15) is 10.2 Å². The van der Waals surface area contributed by atoms with Crippen molar-refractivity contribution < 1.29 is 4.79 Å². The van der Waals surface area contributed by atoms with E-state index in [1.54, 1.807) is 6.33 Å². The van der Waals surface area contributed by atoms with Crippen molar-refractivity contribution >= 4 is 16.9 Å². The molecule has 6 nitrogen and oxygen atoms in total. The number of aromatic amines is 1. The maximum Gasteiger partial charge on any atom is 0.254 e.